The Morgan fingerprint density at radius 1 is 0.270 bits per heavy atom. The summed E-state index contributed by atoms with van der Waals surface area (Å²) in [7, 11) is -2.56. The van der Waals surface area contributed by atoms with Gasteiger partial charge in [-0.15, -0.1) is 0 Å². The van der Waals surface area contributed by atoms with Crippen LogP contribution in [0.25, 0.3) is 91.1 Å². The van der Waals surface area contributed by atoms with E-state index in [0.29, 0.717) is 51.9 Å². The Morgan fingerprint density at radius 2 is 0.532 bits per heavy atom. The van der Waals surface area contributed by atoms with Crippen LogP contribution in [0.15, 0.2) is 216 Å². The van der Waals surface area contributed by atoms with Crippen LogP contribution in [0.2, 0.25) is 21.1 Å². The van der Waals surface area contributed by atoms with Crippen molar-refractivity contribution in [2.24, 2.45) is 0 Å². The van der Waals surface area contributed by atoms with Gasteiger partial charge in [0, 0.05) is 56.2 Å². The Morgan fingerprint density at radius 3 is 0.802 bits per heavy atom. The average molecular weight is 1620 g/mol. The summed E-state index contributed by atoms with van der Waals surface area (Å²) in [6.07, 6.45) is 0. The summed E-state index contributed by atoms with van der Waals surface area (Å²) >= 11 is 22.1. The maximum absolute atomic E-state index is 12.6. The van der Waals surface area contributed by atoms with Crippen LogP contribution in [0, 0.1) is 83.1 Å². The summed E-state index contributed by atoms with van der Waals surface area (Å²) in [5.41, 5.74) is 20.1. The zero-order valence-electron chi connectivity index (χ0n) is 62.1. The Kier molecular flexibility index (Phi) is 26.8. The van der Waals surface area contributed by atoms with Crippen LogP contribution >= 0.6 is 57.1 Å². The number of nitrogens with zero attached hydrogens (tertiary/aromatic N) is 12. The Labute approximate surface area is 668 Å². The number of benzene rings is 10. The first-order chi connectivity index (χ1) is 52.6. The predicted molar refractivity (Wildman–Crippen MR) is 438 cm³/mol. The van der Waals surface area contributed by atoms with E-state index in [2.05, 4.69) is 142 Å². The summed E-state index contributed by atoms with van der Waals surface area (Å²) in [5, 5.41) is 31.1. The van der Waals surface area contributed by atoms with E-state index in [-0.39, 0.29) is 59.7 Å². The zero-order valence-corrected chi connectivity index (χ0v) is 67.5. The van der Waals surface area contributed by atoms with E-state index in [0.717, 1.165) is 66.8 Å². The van der Waals surface area contributed by atoms with Gasteiger partial charge in [0.2, 0.25) is 21.1 Å². The summed E-state index contributed by atoms with van der Waals surface area (Å²) < 4.78 is 51.7. The monoisotopic (exact) mass is 1620 g/mol. The van der Waals surface area contributed by atoms with Crippen LogP contribution < -0.4 is 4.18 Å². The smallest absolute Gasteiger partial charge is 0.339 e. The van der Waals surface area contributed by atoms with Crippen LogP contribution in [-0.4, -0.2) is 92.0 Å². The van der Waals surface area contributed by atoms with Crippen molar-refractivity contribution in [1.29, 1.82) is 0 Å². The molecule has 0 aliphatic carbocycles. The molecular formula is C84H73Cl5N12O8S2. The molecular weight excluding hydrogens is 1550 g/mol. The molecule has 0 aliphatic rings. The van der Waals surface area contributed by atoms with E-state index in [1.165, 1.54) is 88.0 Å². The van der Waals surface area contributed by atoms with Crippen LogP contribution in [-0.2, 0) is 19.2 Å². The van der Waals surface area contributed by atoms with Crippen molar-refractivity contribution in [2.45, 2.75) is 92.9 Å². The number of hydrogen-bond acceptors (Lipinski definition) is 20. The van der Waals surface area contributed by atoms with Crippen molar-refractivity contribution < 1.29 is 36.3 Å². The van der Waals surface area contributed by atoms with Crippen molar-refractivity contribution in [3.8, 4) is 114 Å². The van der Waals surface area contributed by atoms with Gasteiger partial charge in [-0.1, -0.05) is 109 Å². The second-order valence-corrected chi connectivity index (χ2v) is 31.2. The first-order valence-corrected chi connectivity index (χ1v) is 39.3. The second-order valence-electron chi connectivity index (χ2n) is 25.8. The molecule has 4 heterocycles. The third-order valence-corrected chi connectivity index (χ3v) is 21.0. The zero-order chi connectivity index (χ0) is 80.2. The van der Waals surface area contributed by atoms with Gasteiger partial charge in [-0.05, 0) is 281 Å². The van der Waals surface area contributed by atoms with Gasteiger partial charge in [-0.3, -0.25) is 0 Å². The maximum atomic E-state index is 12.6. The molecule has 0 amide bonds. The lowest BCUT2D eigenvalue weighted by atomic mass is 10.0. The van der Waals surface area contributed by atoms with Gasteiger partial charge in [0.15, 0.2) is 46.6 Å². The SMILES string of the molecule is Cc1ccc(-c2nc(-c3ccc(C)c(C)c3)nc(-c3ccc(O)cc3O)n2)cc1C.Cc1ccc(-c2nc(-c3ccc(C)c(C)c3)nc(-c3ccc(OS(=O)(=O)c4ccccc4)cc3O)n2)cc1C.Cc1ccc(-c2nc(Cl)nc(-c3ccc(C)c(C)c3)n2)cc1C.Clc1nc(Cl)nc(Cl)n1.O=S(=O)(Cl)c1ccccc1. The molecule has 27 heteroatoms. The summed E-state index contributed by atoms with van der Waals surface area (Å²) in [6, 6.07) is 60.8. The fourth-order valence-corrected chi connectivity index (χ4v) is 13.0. The van der Waals surface area contributed by atoms with Gasteiger partial charge in [0.1, 0.15) is 27.9 Å². The molecule has 0 spiro atoms. The highest BCUT2D eigenvalue weighted by Gasteiger charge is 2.22. The summed E-state index contributed by atoms with van der Waals surface area (Å²) in [4.78, 5) is 51.8. The lowest BCUT2D eigenvalue weighted by Crippen LogP contribution is -2.09. The lowest BCUT2D eigenvalue weighted by Gasteiger charge is -2.12. The highest BCUT2D eigenvalue weighted by atomic mass is 35.7. The topological polar surface area (TPSA) is 293 Å². The van der Waals surface area contributed by atoms with Gasteiger partial charge in [-0.25, -0.2) is 43.3 Å². The Hall–Kier alpha value is -11.2. The van der Waals surface area contributed by atoms with E-state index >= 15 is 0 Å². The highest BCUT2D eigenvalue weighted by molar-refractivity contribution is 8.13. The average Bonchev–Trinajstić information content (AvgIpc) is 0.773. The van der Waals surface area contributed by atoms with E-state index in [4.69, 9.17) is 71.2 Å². The molecule has 14 aromatic rings. The molecule has 0 bridgehead atoms. The minimum absolute atomic E-state index is 0.000000000000000444. The van der Waals surface area contributed by atoms with Crippen molar-refractivity contribution in [3.05, 3.63) is 294 Å². The molecule has 0 atom stereocenters. The second kappa shape index (κ2) is 36.1. The molecule has 10 aromatic carbocycles. The largest absolute Gasteiger partial charge is 0.508 e. The van der Waals surface area contributed by atoms with Crippen LogP contribution in [0.3, 0.4) is 0 Å². The van der Waals surface area contributed by atoms with Crippen molar-refractivity contribution in [2.75, 3.05) is 0 Å². The predicted octanol–water partition coefficient (Wildman–Crippen LogP) is 20.6. The number of phenols is 3. The van der Waals surface area contributed by atoms with Crippen molar-refractivity contribution in [3.63, 3.8) is 0 Å². The molecule has 14 rings (SSSR count). The highest BCUT2D eigenvalue weighted by Crippen LogP contribution is 2.37. The summed E-state index contributed by atoms with van der Waals surface area (Å²) in [6.45, 7) is 24.7. The third kappa shape index (κ3) is 21.9. The van der Waals surface area contributed by atoms with Crippen LogP contribution in [0.1, 0.15) is 66.8 Å². The number of phenolic OH excluding ortho intramolecular Hbond substituents is 3. The minimum Gasteiger partial charge on any atom is -0.508 e. The summed E-state index contributed by atoms with van der Waals surface area (Å²) in [5.74, 6) is 3.43. The minimum atomic E-state index is -4.06. The molecule has 0 saturated carbocycles. The molecule has 0 aliphatic heterocycles. The number of aromatic hydroxyl groups is 3. The first-order valence-electron chi connectivity index (χ1n) is 34.1. The normalized spacial score (nSPS) is 11.0. The van der Waals surface area contributed by atoms with Gasteiger partial charge >= 0.3 is 10.1 Å². The van der Waals surface area contributed by atoms with Crippen LogP contribution in [0.5, 0.6) is 23.0 Å². The van der Waals surface area contributed by atoms with Gasteiger partial charge in [0.05, 0.1) is 16.0 Å². The number of hydrogen-bond donors (Lipinski definition) is 3. The molecule has 111 heavy (non-hydrogen) atoms. The molecule has 3 N–H and O–H groups in total. The lowest BCUT2D eigenvalue weighted by molar-refractivity contribution is 0.451. The number of aromatic nitrogens is 12. The molecule has 564 valence electrons. The molecule has 0 saturated heterocycles. The van der Waals surface area contributed by atoms with E-state index in [1.807, 2.05) is 100 Å². The fourth-order valence-electron chi connectivity index (χ4n) is 10.5. The Balaban J connectivity index is 0.000000161. The number of halogens is 5. The van der Waals surface area contributed by atoms with E-state index in [9.17, 15) is 32.2 Å². The van der Waals surface area contributed by atoms with Gasteiger partial charge in [0.25, 0.3) is 9.05 Å². The van der Waals surface area contributed by atoms with Gasteiger partial charge in [-0.2, -0.15) is 33.3 Å². The molecule has 4 aromatic heterocycles. The van der Waals surface area contributed by atoms with E-state index < -0.39 is 19.2 Å². The third-order valence-electron chi connectivity index (χ3n) is 17.7. The van der Waals surface area contributed by atoms with Gasteiger partial charge < -0.3 is 19.5 Å². The standard InChI is InChI=1S/C31H27N3O4S.C25H23N3O2.C19H18ClN3.C6H5ClO2S.C3Cl3N3/c1-19-10-12-23(16-21(19)3)29-32-30(24-13-11-20(2)22(4)17-24)34-31(33-29)27-15-14-25(18-28(27)35)38-39(36,37)26-8-6-5-7-9-26;1-14-5-7-18(11-16(14)3)23-26-24(19-8-6-15(2)17(4)12-19)28-25(27-23)21-10-9-20(29)13-22(21)30;1-11-5-7-15(9-13(11)3)17-21-18(23-19(20)22-17)16-8-6-12(2)14(4)10-16;7-10(8,9)6-4-2-1-3-5-6;4-1-7-2(5)9-3(6)8-1/h5-18,35H,1-4H3;5-13,29-30H,1-4H3;5-10H,1-4H3;1-5H;. The van der Waals surface area contributed by atoms with Crippen molar-refractivity contribution >= 4 is 76.3 Å². The first kappa shape index (κ1) is 82.3. The molecule has 0 unspecified atom stereocenters. The van der Waals surface area contributed by atoms with E-state index in [1.54, 1.807) is 42.5 Å². The molecule has 0 fully saturated rings. The number of rotatable bonds is 12. The maximum Gasteiger partial charge on any atom is 0.339 e. The molecule has 20 nitrogen and oxygen atoms in total. The fraction of sp³-hybridized carbons (Fsp3) is 0.143. The quantitative estimate of drug-likeness (QED) is 0.0756. The molecule has 0 radical (unpaired) electrons. The Bertz CT molecular complexity index is 5780. The number of aryl methyl sites for hydroxylation is 12. The van der Waals surface area contributed by atoms with Crippen molar-refractivity contribution in [1.82, 2.24) is 59.8 Å². The van der Waals surface area contributed by atoms with Crippen LogP contribution in [0.4, 0.5) is 0 Å².